The third-order valence-electron chi connectivity index (χ3n) is 3.29. The highest BCUT2D eigenvalue weighted by atomic mass is 35.5. The number of nitrogens with zero attached hydrogens (tertiary/aromatic N) is 3. The lowest BCUT2D eigenvalue weighted by Crippen LogP contribution is -2.14. The Morgan fingerprint density at radius 1 is 1.26 bits per heavy atom. The minimum Gasteiger partial charge on any atom is -0.338 e. The molecule has 23 heavy (non-hydrogen) atoms. The van der Waals surface area contributed by atoms with Crippen molar-refractivity contribution < 1.29 is 4.52 Å². The van der Waals surface area contributed by atoms with Gasteiger partial charge in [0.1, 0.15) is 0 Å². The Labute approximate surface area is 141 Å². The van der Waals surface area contributed by atoms with Gasteiger partial charge in [-0.3, -0.25) is 4.79 Å². The van der Waals surface area contributed by atoms with Crippen LogP contribution in [0.3, 0.4) is 0 Å². The molecule has 0 unspecified atom stereocenters. The van der Waals surface area contributed by atoms with Crippen LogP contribution in [0.15, 0.2) is 38.7 Å². The van der Waals surface area contributed by atoms with Gasteiger partial charge in [-0.15, -0.1) is 0 Å². The lowest BCUT2D eigenvalue weighted by atomic mass is 10.2. The van der Waals surface area contributed by atoms with Crippen LogP contribution in [0, 0.1) is 13.8 Å². The van der Waals surface area contributed by atoms with E-state index in [2.05, 4.69) is 20.1 Å². The number of aromatic amines is 1. The van der Waals surface area contributed by atoms with Gasteiger partial charge in [0.25, 0.3) is 5.56 Å². The number of hydrogen-bond acceptors (Lipinski definition) is 6. The minimum atomic E-state index is -0.137. The number of benzene rings is 1. The van der Waals surface area contributed by atoms with Crippen molar-refractivity contribution in [1.82, 2.24) is 20.1 Å². The maximum atomic E-state index is 11.7. The summed E-state index contributed by atoms with van der Waals surface area (Å²) in [6.07, 6.45) is 0. The van der Waals surface area contributed by atoms with Crippen LogP contribution < -0.4 is 5.56 Å². The van der Waals surface area contributed by atoms with Gasteiger partial charge in [0.15, 0.2) is 5.16 Å². The summed E-state index contributed by atoms with van der Waals surface area (Å²) in [7, 11) is 0. The third-order valence-corrected chi connectivity index (χ3v) is 4.48. The van der Waals surface area contributed by atoms with Crippen LogP contribution in [0.1, 0.15) is 17.1 Å². The second-order valence-electron chi connectivity index (χ2n) is 4.86. The molecule has 1 N–H and O–H groups in total. The van der Waals surface area contributed by atoms with Crippen LogP contribution >= 0.6 is 23.4 Å². The summed E-state index contributed by atoms with van der Waals surface area (Å²) in [5.41, 5.74) is 1.90. The summed E-state index contributed by atoms with van der Waals surface area (Å²) >= 11 is 7.44. The first-order valence-electron chi connectivity index (χ1n) is 6.82. The molecular weight excluding hydrogens is 336 g/mol. The molecule has 2 heterocycles. The Morgan fingerprint density at radius 3 is 2.78 bits per heavy atom. The van der Waals surface area contributed by atoms with E-state index in [0.717, 1.165) is 0 Å². The van der Waals surface area contributed by atoms with Gasteiger partial charge in [-0.1, -0.05) is 40.7 Å². The molecule has 0 aliphatic heterocycles. The van der Waals surface area contributed by atoms with Crippen molar-refractivity contribution in [2.75, 3.05) is 0 Å². The van der Waals surface area contributed by atoms with Gasteiger partial charge in [-0.25, -0.2) is 4.98 Å². The fourth-order valence-electron chi connectivity index (χ4n) is 1.88. The Kier molecular flexibility index (Phi) is 4.49. The Hall–Kier alpha value is -2.12. The zero-order chi connectivity index (χ0) is 16.4. The van der Waals surface area contributed by atoms with Crippen molar-refractivity contribution in [1.29, 1.82) is 0 Å². The molecule has 0 fully saturated rings. The molecule has 3 rings (SSSR count). The first-order chi connectivity index (χ1) is 11.0. The number of aromatic nitrogens is 4. The molecule has 0 bridgehead atoms. The van der Waals surface area contributed by atoms with E-state index in [0.29, 0.717) is 44.5 Å². The predicted octanol–water partition coefficient (Wildman–Crippen LogP) is 3.38. The molecule has 6 nitrogen and oxygen atoms in total. The van der Waals surface area contributed by atoms with Gasteiger partial charge in [0.05, 0.1) is 10.8 Å². The first-order valence-corrected chi connectivity index (χ1v) is 8.19. The van der Waals surface area contributed by atoms with Crippen LogP contribution in [-0.2, 0) is 5.75 Å². The van der Waals surface area contributed by atoms with Crippen molar-refractivity contribution in [2.24, 2.45) is 0 Å². The second kappa shape index (κ2) is 6.55. The van der Waals surface area contributed by atoms with E-state index in [4.69, 9.17) is 16.1 Å². The summed E-state index contributed by atoms with van der Waals surface area (Å²) in [5.74, 6) is 1.28. The van der Waals surface area contributed by atoms with Crippen molar-refractivity contribution >= 4 is 23.4 Å². The Balaban J connectivity index is 1.75. The van der Waals surface area contributed by atoms with Crippen molar-refractivity contribution in [3.63, 3.8) is 0 Å². The van der Waals surface area contributed by atoms with E-state index in [-0.39, 0.29) is 5.56 Å². The standard InChI is InChI=1S/C15H13ClN4O2S/c1-8-9(2)17-15(19-14(8)21)23-7-12-18-13(20-22-12)10-5-3-4-6-11(10)16/h3-6H,7H2,1-2H3,(H,17,19,21). The Morgan fingerprint density at radius 2 is 2.04 bits per heavy atom. The van der Waals surface area contributed by atoms with Gasteiger partial charge in [0, 0.05) is 16.8 Å². The van der Waals surface area contributed by atoms with E-state index >= 15 is 0 Å². The molecule has 8 heteroatoms. The highest BCUT2D eigenvalue weighted by molar-refractivity contribution is 7.98. The molecule has 0 saturated heterocycles. The number of rotatable bonds is 4. The lowest BCUT2D eigenvalue weighted by Gasteiger charge is -2.01. The number of H-pyrrole nitrogens is 1. The SMILES string of the molecule is Cc1nc(SCc2nc(-c3ccccc3Cl)no2)[nH]c(=O)c1C. The average Bonchev–Trinajstić information content (AvgIpc) is 2.99. The number of thioether (sulfide) groups is 1. The quantitative estimate of drug-likeness (QED) is 0.574. The van der Waals surface area contributed by atoms with E-state index in [1.54, 1.807) is 19.9 Å². The molecule has 0 radical (unpaired) electrons. The highest BCUT2D eigenvalue weighted by Crippen LogP contribution is 2.26. The number of nitrogens with one attached hydrogen (secondary N) is 1. The molecular formula is C15H13ClN4O2S. The summed E-state index contributed by atoms with van der Waals surface area (Å²) in [6, 6.07) is 7.29. The van der Waals surface area contributed by atoms with Gasteiger partial charge in [0.2, 0.25) is 11.7 Å². The normalized spacial score (nSPS) is 10.9. The van der Waals surface area contributed by atoms with E-state index in [9.17, 15) is 4.79 Å². The summed E-state index contributed by atoms with van der Waals surface area (Å²) < 4.78 is 5.22. The van der Waals surface area contributed by atoms with Crippen LogP contribution in [0.5, 0.6) is 0 Å². The van der Waals surface area contributed by atoms with Gasteiger partial charge in [-0.2, -0.15) is 4.98 Å². The molecule has 3 aromatic rings. The Bertz CT molecular complexity index is 906. The van der Waals surface area contributed by atoms with Crippen molar-refractivity contribution in [3.8, 4) is 11.4 Å². The average molecular weight is 349 g/mol. The molecule has 118 valence electrons. The predicted molar refractivity (Wildman–Crippen MR) is 88.6 cm³/mol. The molecule has 0 atom stereocenters. The van der Waals surface area contributed by atoms with Gasteiger partial charge < -0.3 is 9.51 Å². The summed E-state index contributed by atoms with van der Waals surface area (Å²) in [4.78, 5) is 23.1. The fourth-order valence-corrected chi connectivity index (χ4v) is 2.85. The molecule has 0 aliphatic rings. The maximum absolute atomic E-state index is 11.7. The lowest BCUT2D eigenvalue weighted by molar-refractivity contribution is 0.391. The van der Waals surface area contributed by atoms with Gasteiger partial charge >= 0.3 is 0 Å². The zero-order valence-electron chi connectivity index (χ0n) is 12.5. The molecule has 0 saturated carbocycles. The van der Waals surface area contributed by atoms with E-state index in [1.165, 1.54) is 11.8 Å². The largest absolute Gasteiger partial charge is 0.338 e. The van der Waals surface area contributed by atoms with E-state index in [1.807, 2.05) is 18.2 Å². The first kappa shape index (κ1) is 15.8. The number of hydrogen-bond donors (Lipinski definition) is 1. The fraction of sp³-hybridized carbons (Fsp3) is 0.200. The molecule has 2 aromatic heterocycles. The molecule has 0 amide bonds. The van der Waals surface area contributed by atoms with Crippen molar-refractivity contribution in [3.05, 3.63) is 56.8 Å². The molecule has 1 aromatic carbocycles. The van der Waals surface area contributed by atoms with Gasteiger partial charge in [-0.05, 0) is 26.0 Å². The van der Waals surface area contributed by atoms with Crippen LogP contribution in [-0.4, -0.2) is 20.1 Å². The number of aryl methyl sites for hydroxylation is 1. The molecule has 0 spiro atoms. The van der Waals surface area contributed by atoms with Crippen LogP contribution in [0.4, 0.5) is 0 Å². The van der Waals surface area contributed by atoms with Crippen LogP contribution in [0.25, 0.3) is 11.4 Å². The second-order valence-corrected chi connectivity index (χ2v) is 6.23. The van der Waals surface area contributed by atoms with Crippen LogP contribution in [0.2, 0.25) is 5.02 Å². The number of halogens is 1. The topological polar surface area (TPSA) is 84.7 Å². The summed E-state index contributed by atoms with van der Waals surface area (Å²) in [6.45, 7) is 3.54. The minimum absolute atomic E-state index is 0.137. The highest BCUT2D eigenvalue weighted by Gasteiger charge is 2.12. The zero-order valence-corrected chi connectivity index (χ0v) is 14.0. The van der Waals surface area contributed by atoms with Crippen molar-refractivity contribution in [2.45, 2.75) is 24.8 Å². The molecule has 0 aliphatic carbocycles. The monoisotopic (exact) mass is 348 g/mol. The third kappa shape index (κ3) is 3.46. The summed E-state index contributed by atoms with van der Waals surface area (Å²) in [5, 5.41) is 5.02. The smallest absolute Gasteiger partial charge is 0.254 e. The van der Waals surface area contributed by atoms with E-state index < -0.39 is 0 Å². The maximum Gasteiger partial charge on any atom is 0.254 e.